The molecular weight excluding hydrogens is 298 g/mol. The van der Waals surface area contributed by atoms with E-state index in [1.54, 1.807) is 11.3 Å². The predicted molar refractivity (Wildman–Crippen MR) is 76.1 cm³/mol. The van der Waals surface area contributed by atoms with Crippen LogP contribution in [0, 0.1) is 6.92 Å². The number of alkyl halides is 1. The van der Waals surface area contributed by atoms with Gasteiger partial charge in [-0.15, -0.1) is 11.3 Å². The number of benzene rings is 1. The number of ether oxygens (including phenoxy) is 1. The lowest BCUT2D eigenvalue weighted by atomic mass is 10.1. The molecule has 0 amide bonds. The SMILES string of the molecule is CCOc1ccc(-c2csc(CBr)n2)cc1C. The number of thiazole rings is 1. The zero-order chi connectivity index (χ0) is 12.3. The van der Waals surface area contributed by atoms with Crippen LogP contribution in [0.25, 0.3) is 11.3 Å². The molecule has 0 radical (unpaired) electrons. The minimum Gasteiger partial charge on any atom is -0.494 e. The van der Waals surface area contributed by atoms with E-state index in [9.17, 15) is 0 Å². The van der Waals surface area contributed by atoms with Crippen LogP contribution in [0.3, 0.4) is 0 Å². The Morgan fingerprint density at radius 3 is 2.82 bits per heavy atom. The highest BCUT2D eigenvalue weighted by Crippen LogP contribution is 2.27. The van der Waals surface area contributed by atoms with Gasteiger partial charge in [-0.2, -0.15) is 0 Å². The minimum atomic E-state index is 0.699. The third kappa shape index (κ3) is 2.87. The molecule has 90 valence electrons. The minimum absolute atomic E-state index is 0.699. The van der Waals surface area contributed by atoms with Gasteiger partial charge in [-0.1, -0.05) is 15.9 Å². The molecule has 4 heteroatoms. The van der Waals surface area contributed by atoms with Gasteiger partial charge in [-0.05, 0) is 37.6 Å². The molecule has 0 saturated heterocycles. The van der Waals surface area contributed by atoms with Gasteiger partial charge in [-0.3, -0.25) is 0 Å². The maximum absolute atomic E-state index is 5.53. The molecule has 1 aromatic heterocycles. The first kappa shape index (κ1) is 12.6. The van der Waals surface area contributed by atoms with Crippen molar-refractivity contribution < 1.29 is 4.74 Å². The van der Waals surface area contributed by atoms with Crippen molar-refractivity contribution in [2.24, 2.45) is 0 Å². The third-order valence-corrected chi connectivity index (χ3v) is 4.19. The standard InChI is InChI=1S/C13H14BrNOS/c1-3-16-12-5-4-10(6-9(12)2)11-8-17-13(7-14)15-11/h4-6,8H,3,7H2,1-2H3. The molecule has 2 rings (SSSR count). The van der Waals surface area contributed by atoms with E-state index in [4.69, 9.17) is 4.74 Å². The molecule has 0 aliphatic heterocycles. The van der Waals surface area contributed by atoms with E-state index in [1.165, 1.54) is 0 Å². The highest BCUT2D eigenvalue weighted by Gasteiger charge is 2.06. The average Bonchev–Trinajstić information content (AvgIpc) is 2.80. The zero-order valence-electron chi connectivity index (χ0n) is 9.87. The number of nitrogens with zero attached hydrogens (tertiary/aromatic N) is 1. The van der Waals surface area contributed by atoms with Crippen LogP contribution in [0.15, 0.2) is 23.6 Å². The molecule has 0 fully saturated rings. The smallest absolute Gasteiger partial charge is 0.122 e. The molecule has 2 nitrogen and oxygen atoms in total. The van der Waals surface area contributed by atoms with Crippen molar-refractivity contribution in [3.8, 4) is 17.0 Å². The van der Waals surface area contributed by atoms with Crippen molar-refractivity contribution >= 4 is 27.3 Å². The van der Waals surface area contributed by atoms with Crippen LogP contribution in [0.2, 0.25) is 0 Å². The third-order valence-electron chi connectivity index (χ3n) is 2.44. The number of aryl methyl sites for hydroxylation is 1. The van der Waals surface area contributed by atoms with Crippen LogP contribution < -0.4 is 4.74 Å². The fourth-order valence-electron chi connectivity index (χ4n) is 1.63. The van der Waals surface area contributed by atoms with Crippen LogP contribution in [0.5, 0.6) is 5.75 Å². The first-order valence-electron chi connectivity index (χ1n) is 5.48. The molecule has 0 unspecified atom stereocenters. The van der Waals surface area contributed by atoms with Crippen molar-refractivity contribution in [3.63, 3.8) is 0 Å². The summed E-state index contributed by atoms with van der Waals surface area (Å²) >= 11 is 5.09. The Morgan fingerprint density at radius 1 is 1.41 bits per heavy atom. The molecule has 1 heterocycles. The maximum Gasteiger partial charge on any atom is 0.122 e. The summed E-state index contributed by atoms with van der Waals surface area (Å²) in [5.41, 5.74) is 3.34. The first-order chi connectivity index (χ1) is 8.24. The Bertz CT molecular complexity index is 510. The molecule has 0 aliphatic carbocycles. The van der Waals surface area contributed by atoms with E-state index in [0.29, 0.717) is 6.61 Å². The maximum atomic E-state index is 5.53. The second kappa shape index (κ2) is 5.65. The van der Waals surface area contributed by atoms with Crippen molar-refractivity contribution in [1.29, 1.82) is 0 Å². The Labute approximate surface area is 114 Å². The summed E-state index contributed by atoms with van der Waals surface area (Å²) in [6.45, 7) is 4.76. The van der Waals surface area contributed by atoms with Gasteiger partial charge in [0.25, 0.3) is 0 Å². The summed E-state index contributed by atoms with van der Waals surface area (Å²) in [6, 6.07) is 6.20. The largest absolute Gasteiger partial charge is 0.494 e. The fourth-order valence-corrected chi connectivity index (χ4v) is 2.80. The van der Waals surface area contributed by atoms with Crippen LogP contribution in [0.4, 0.5) is 0 Å². The van der Waals surface area contributed by atoms with Crippen LogP contribution in [-0.4, -0.2) is 11.6 Å². The van der Waals surface area contributed by atoms with Crippen LogP contribution >= 0.6 is 27.3 Å². The number of hydrogen-bond donors (Lipinski definition) is 0. The molecule has 0 N–H and O–H groups in total. The van der Waals surface area contributed by atoms with Gasteiger partial charge in [0.15, 0.2) is 0 Å². The Hall–Kier alpha value is -0.870. The lowest BCUT2D eigenvalue weighted by Crippen LogP contribution is -1.94. The van der Waals surface area contributed by atoms with Crippen LogP contribution in [0.1, 0.15) is 17.5 Å². The Balaban J connectivity index is 2.30. The average molecular weight is 312 g/mol. The molecule has 1 aromatic carbocycles. The summed E-state index contributed by atoms with van der Waals surface area (Å²) in [7, 11) is 0. The van der Waals surface area contributed by atoms with Gasteiger partial charge in [0.05, 0.1) is 17.6 Å². The van der Waals surface area contributed by atoms with Gasteiger partial charge < -0.3 is 4.74 Å². The van der Waals surface area contributed by atoms with Gasteiger partial charge in [0, 0.05) is 10.9 Å². The zero-order valence-corrected chi connectivity index (χ0v) is 12.3. The molecule has 0 bridgehead atoms. The van der Waals surface area contributed by atoms with Gasteiger partial charge in [0.2, 0.25) is 0 Å². The monoisotopic (exact) mass is 311 g/mol. The molecule has 2 aromatic rings. The molecule has 17 heavy (non-hydrogen) atoms. The normalized spacial score (nSPS) is 10.5. The summed E-state index contributed by atoms with van der Waals surface area (Å²) in [5, 5.41) is 4.01. The summed E-state index contributed by atoms with van der Waals surface area (Å²) in [5.74, 6) is 0.951. The molecular formula is C13H14BrNOS. The van der Waals surface area contributed by atoms with Crippen molar-refractivity contribution in [2.45, 2.75) is 19.2 Å². The second-order valence-corrected chi connectivity index (χ2v) is 5.18. The quantitative estimate of drug-likeness (QED) is 0.780. The number of halogens is 1. The highest BCUT2D eigenvalue weighted by atomic mass is 79.9. The summed E-state index contributed by atoms with van der Waals surface area (Å²) < 4.78 is 5.53. The molecule has 0 spiro atoms. The topological polar surface area (TPSA) is 22.1 Å². The van der Waals surface area contributed by atoms with E-state index in [-0.39, 0.29) is 0 Å². The summed E-state index contributed by atoms with van der Waals surface area (Å²) in [4.78, 5) is 4.55. The van der Waals surface area contributed by atoms with E-state index >= 15 is 0 Å². The number of rotatable bonds is 4. The van der Waals surface area contributed by atoms with Crippen LogP contribution in [-0.2, 0) is 5.33 Å². The molecule has 0 aliphatic rings. The second-order valence-electron chi connectivity index (χ2n) is 3.67. The highest BCUT2D eigenvalue weighted by molar-refractivity contribution is 9.08. The van der Waals surface area contributed by atoms with Crippen molar-refractivity contribution in [2.75, 3.05) is 6.61 Å². The van der Waals surface area contributed by atoms with E-state index < -0.39 is 0 Å². The van der Waals surface area contributed by atoms with E-state index in [1.807, 2.05) is 13.0 Å². The van der Waals surface area contributed by atoms with Gasteiger partial charge in [-0.25, -0.2) is 4.98 Å². The van der Waals surface area contributed by atoms with E-state index in [0.717, 1.165) is 32.9 Å². The first-order valence-corrected chi connectivity index (χ1v) is 7.49. The van der Waals surface area contributed by atoms with Gasteiger partial charge in [0.1, 0.15) is 10.8 Å². The lowest BCUT2D eigenvalue weighted by molar-refractivity contribution is 0.338. The predicted octanol–water partition coefficient (Wildman–Crippen LogP) is 4.41. The molecule has 0 atom stereocenters. The number of aromatic nitrogens is 1. The van der Waals surface area contributed by atoms with E-state index in [2.05, 4.69) is 45.4 Å². The molecule has 0 saturated carbocycles. The van der Waals surface area contributed by atoms with Crippen molar-refractivity contribution in [3.05, 3.63) is 34.2 Å². The van der Waals surface area contributed by atoms with Gasteiger partial charge >= 0.3 is 0 Å². The summed E-state index contributed by atoms with van der Waals surface area (Å²) in [6.07, 6.45) is 0. The fraction of sp³-hybridized carbons (Fsp3) is 0.308. The Morgan fingerprint density at radius 2 is 2.24 bits per heavy atom. The Kier molecular flexibility index (Phi) is 4.18. The van der Waals surface area contributed by atoms with Crippen molar-refractivity contribution in [1.82, 2.24) is 4.98 Å². The lowest BCUT2D eigenvalue weighted by Gasteiger charge is -2.07. The number of hydrogen-bond acceptors (Lipinski definition) is 3.